The summed E-state index contributed by atoms with van der Waals surface area (Å²) >= 11 is 0. The molecule has 0 saturated heterocycles. The number of ether oxygens (including phenoxy) is 2. The number of anilines is 2. The molecule has 1 aliphatic heterocycles. The molecule has 0 unspecified atom stereocenters. The van der Waals surface area contributed by atoms with Gasteiger partial charge in [0.15, 0.2) is 31.5 Å². The molecule has 7 nitrogen and oxygen atoms in total. The van der Waals surface area contributed by atoms with Crippen molar-refractivity contribution in [2.24, 2.45) is 4.99 Å². The van der Waals surface area contributed by atoms with Crippen LogP contribution in [0.4, 0.5) is 20.3 Å². The Morgan fingerprint density at radius 3 is 2.27 bits per heavy atom. The molecule has 10 heteroatoms. The van der Waals surface area contributed by atoms with Gasteiger partial charge in [0.1, 0.15) is 11.5 Å². The first-order valence-corrected chi connectivity index (χ1v) is 16.5. The molecule has 3 heterocycles. The average Bonchev–Trinajstić information content (AvgIpc) is 3.43. The number of halogens is 2. The fourth-order valence-electron chi connectivity index (χ4n) is 4.21. The first kappa shape index (κ1) is 30.3. The van der Waals surface area contributed by atoms with Gasteiger partial charge in [-0.05, 0) is 55.8 Å². The molecule has 41 heavy (non-hydrogen) atoms. The van der Waals surface area contributed by atoms with E-state index in [0.29, 0.717) is 29.9 Å². The largest absolute Gasteiger partial charge is 0.493 e. The number of hydrogen-bond acceptors (Lipinski definition) is 7. The van der Waals surface area contributed by atoms with Crippen LogP contribution in [0.15, 0.2) is 53.3 Å². The summed E-state index contributed by atoms with van der Waals surface area (Å²) in [4.78, 5) is 15.3. The van der Waals surface area contributed by atoms with Gasteiger partial charge < -0.3 is 18.8 Å². The molecule has 3 aromatic rings. The van der Waals surface area contributed by atoms with Gasteiger partial charge in [-0.3, -0.25) is 9.98 Å². The van der Waals surface area contributed by atoms with Crippen LogP contribution in [0, 0.1) is 11.6 Å². The number of rotatable bonds is 10. The highest BCUT2D eigenvalue weighted by atomic mass is 28.4. The lowest BCUT2D eigenvalue weighted by Crippen LogP contribution is -2.41. The minimum atomic E-state index is -2.00. The zero-order chi connectivity index (χ0) is 29.9. The maximum atomic E-state index is 15.7. The van der Waals surface area contributed by atoms with E-state index in [0.717, 1.165) is 16.8 Å². The van der Waals surface area contributed by atoms with Crippen molar-refractivity contribution in [3.05, 3.63) is 65.5 Å². The third-order valence-corrected chi connectivity index (χ3v) is 12.2. The summed E-state index contributed by atoms with van der Waals surface area (Å²) in [6.07, 6.45) is 7.95. The maximum absolute atomic E-state index is 15.7. The van der Waals surface area contributed by atoms with E-state index in [9.17, 15) is 0 Å². The van der Waals surface area contributed by atoms with Crippen molar-refractivity contribution in [2.45, 2.75) is 52.2 Å². The van der Waals surface area contributed by atoms with Crippen LogP contribution in [0.5, 0.6) is 11.5 Å². The van der Waals surface area contributed by atoms with Gasteiger partial charge in [-0.15, -0.1) is 0 Å². The monoisotopic (exact) mass is 580 g/mol. The zero-order valence-corrected chi connectivity index (χ0v) is 26.0. The van der Waals surface area contributed by atoms with Crippen LogP contribution >= 0.6 is 0 Å². The van der Waals surface area contributed by atoms with Crippen LogP contribution in [-0.2, 0) is 4.43 Å². The number of allylic oxidation sites excluding steroid dienone is 3. The van der Waals surface area contributed by atoms with Crippen LogP contribution < -0.4 is 14.4 Å². The maximum Gasteiger partial charge on any atom is 0.191 e. The predicted molar refractivity (Wildman–Crippen MR) is 164 cm³/mol. The highest BCUT2D eigenvalue weighted by molar-refractivity contribution is 6.74. The Balaban J connectivity index is 1.76. The van der Waals surface area contributed by atoms with E-state index in [1.54, 1.807) is 24.5 Å². The molecular formula is C31H38F2N4O3Si. The summed E-state index contributed by atoms with van der Waals surface area (Å²) < 4.78 is 48.3. The first-order valence-electron chi connectivity index (χ1n) is 13.6. The first-order chi connectivity index (χ1) is 19.4. The number of aromatic nitrogens is 2. The third-order valence-electron chi connectivity index (χ3n) is 7.70. The van der Waals surface area contributed by atoms with E-state index in [-0.39, 0.29) is 28.8 Å². The molecule has 0 aliphatic carbocycles. The Labute approximate surface area is 241 Å². The van der Waals surface area contributed by atoms with Gasteiger partial charge in [0.2, 0.25) is 0 Å². The Morgan fingerprint density at radius 2 is 1.68 bits per heavy atom. The SMILES string of the molecule is C/C=C1/C=C(c2cnc3ccc(N(CCCO[Si](C)(C)C(C)(C)C)c4c(F)c(OC)cc(OC)c4F)nc3c2)C=N1. The molecule has 1 aliphatic rings. The number of fused-ring (bicyclic) bond motifs is 1. The second-order valence-electron chi connectivity index (χ2n) is 11.4. The molecule has 0 bridgehead atoms. The van der Waals surface area contributed by atoms with E-state index in [1.165, 1.54) is 25.2 Å². The average molecular weight is 581 g/mol. The van der Waals surface area contributed by atoms with Gasteiger partial charge in [-0.2, -0.15) is 0 Å². The lowest BCUT2D eigenvalue weighted by atomic mass is 10.1. The number of hydrogen-bond donors (Lipinski definition) is 0. The lowest BCUT2D eigenvalue weighted by molar-refractivity contribution is 0.284. The van der Waals surface area contributed by atoms with E-state index in [4.69, 9.17) is 18.9 Å². The quantitative estimate of drug-likeness (QED) is 0.180. The molecule has 0 saturated carbocycles. The van der Waals surface area contributed by atoms with Crippen molar-refractivity contribution < 1.29 is 22.7 Å². The van der Waals surface area contributed by atoms with Crippen molar-refractivity contribution in [1.29, 1.82) is 0 Å². The molecule has 218 valence electrons. The van der Waals surface area contributed by atoms with Crippen LogP contribution in [0.2, 0.25) is 18.1 Å². The molecule has 0 spiro atoms. The summed E-state index contributed by atoms with van der Waals surface area (Å²) in [5, 5.41) is 0.0445. The Bertz CT molecular complexity index is 1500. The molecule has 0 amide bonds. The molecule has 4 rings (SSSR count). The Hall–Kier alpha value is -3.63. The van der Waals surface area contributed by atoms with E-state index in [1.807, 2.05) is 25.1 Å². The standard InChI is InChI=1S/C31H38F2N4O3Si/c1-9-22-15-20(18-34-22)21-16-24-23(35-19-21)11-12-27(36-24)37(13-10-14-40-41(7,8)31(2,3)4)30-28(32)25(38-5)17-26(39-6)29(30)33/h9,11-12,15-19H,10,13-14H2,1-8H3/b22-9-. The highest BCUT2D eigenvalue weighted by Crippen LogP contribution is 2.40. The molecule has 0 atom stereocenters. The van der Waals surface area contributed by atoms with Gasteiger partial charge in [-0.1, -0.05) is 26.8 Å². The summed E-state index contributed by atoms with van der Waals surface area (Å²) in [5.74, 6) is -1.57. The van der Waals surface area contributed by atoms with Gasteiger partial charge in [0.05, 0.1) is 31.0 Å². The normalized spacial score (nSPS) is 14.6. The topological polar surface area (TPSA) is 69.1 Å². The molecule has 2 aromatic heterocycles. The van der Waals surface area contributed by atoms with Crippen LogP contribution in [0.1, 0.15) is 39.7 Å². The lowest BCUT2D eigenvalue weighted by Gasteiger charge is -2.36. The summed E-state index contributed by atoms with van der Waals surface area (Å²) in [6.45, 7) is 13.5. The second-order valence-corrected chi connectivity index (χ2v) is 16.2. The van der Waals surface area contributed by atoms with E-state index < -0.39 is 20.0 Å². The summed E-state index contributed by atoms with van der Waals surface area (Å²) in [6, 6.07) is 6.61. The van der Waals surface area contributed by atoms with Gasteiger partial charge in [-0.25, -0.2) is 13.8 Å². The number of aliphatic imine (C=N–C) groups is 1. The Kier molecular flexibility index (Phi) is 8.94. The van der Waals surface area contributed by atoms with Crippen LogP contribution in [0.25, 0.3) is 16.6 Å². The third kappa shape index (κ3) is 6.33. The van der Waals surface area contributed by atoms with Crippen molar-refractivity contribution in [3.63, 3.8) is 0 Å². The predicted octanol–water partition coefficient (Wildman–Crippen LogP) is 7.85. The minimum absolute atomic E-state index is 0.0445. The van der Waals surface area contributed by atoms with Gasteiger partial charge >= 0.3 is 0 Å². The molecule has 0 N–H and O–H groups in total. The van der Waals surface area contributed by atoms with Crippen LogP contribution in [0.3, 0.4) is 0 Å². The summed E-state index contributed by atoms with van der Waals surface area (Å²) in [5.41, 5.74) is 3.57. The second kappa shape index (κ2) is 12.1. The van der Waals surface area contributed by atoms with Gasteiger partial charge in [0.25, 0.3) is 0 Å². The van der Waals surface area contributed by atoms with E-state index >= 15 is 8.78 Å². The molecule has 0 fully saturated rings. The highest BCUT2D eigenvalue weighted by Gasteiger charge is 2.37. The number of methoxy groups -OCH3 is 2. The Morgan fingerprint density at radius 1 is 1.00 bits per heavy atom. The molecule has 0 radical (unpaired) electrons. The van der Waals surface area contributed by atoms with Crippen molar-refractivity contribution in [3.8, 4) is 11.5 Å². The minimum Gasteiger partial charge on any atom is -0.493 e. The fourth-order valence-corrected chi connectivity index (χ4v) is 5.30. The van der Waals surface area contributed by atoms with Crippen molar-refractivity contribution in [2.75, 3.05) is 32.3 Å². The fraction of sp³-hybridized carbons (Fsp3) is 0.387. The van der Waals surface area contributed by atoms with E-state index in [2.05, 4.69) is 43.8 Å². The van der Waals surface area contributed by atoms with Crippen molar-refractivity contribution in [1.82, 2.24) is 9.97 Å². The van der Waals surface area contributed by atoms with Crippen LogP contribution in [-0.4, -0.2) is 51.9 Å². The molecule has 1 aromatic carbocycles. The number of nitrogens with zero attached hydrogens (tertiary/aromatic N) is 4. The molecular weight excluding hydrogens is 542 g/mol. The number of pyridine rings is 2. The van der Waals surface area contributed by atoms with Crippen molar-refractivity contribution >= 4 is 42.6 Å². The van der Waals surface area contributed by atoms with Gasteiger partial charge in [0, 0.05) is 42.8 Å². The smallest absolute Gasteiger partial charge is 0.191 e. The summed E-state index contributed by atoms with van der Waals surface area (Å²) in [7, 11) is 0.663. The zero-order valence-electron chi connectivity index (χ0n) is 25.0. The number of benzene rings is 1.